The van der Waals surface area contributed by atoms with Gasteiger partial charge in [0.25, 0.3) is 0 Å². The highest BCUT2D eigenvalue weighted by Gasteiger charge is 2.20. The van der Waals surface area contributed by atoms with Gasteiger partial charge in [-0.1, -0.05) is 270 Å². The van der Waals surface area contributed by atoms with Gasteiger partial charge >= 0.3 is 0 Å². The highest BCUT2D eigenvalue weighted by Crippen LogP contribution is 2.17. The van der Waals surface area contributed by atoms with Gasteiger partial charge in [0.2, 0.25) is 5.91 Å². The Bertz CT molecular complexity index is 784. The van der Waals surface area contributed by atoms with Crippen molar-refractivity contribution in [2.75, 3.05) is 6.61 Å². The first-order chi connectivity index (χ1) is 28.2. The summed E-state index contributed by atoms with van der Waals surface area (Å²) in [5.74, 6) is -0.0303. The fraction of sp³-hybridized carbons (Fsp3) is 0.943. The van der Waals surface area contributed by atoms with Crippen LogP contribution in [0.3, 0.4) is 0 Å². The van der Waals surface area contributed by atoms with Crippen LogP contribution in [0.5, 0.6) is 0 Å². The van der Waals surface area contributed by atoms with E-state index in [4.69, 9.17) is 0 Å². The van der Waals surface area contributed by atoms with E-state index in [1.54, 1.807) is 0 Å². The molecule has 1 amide bonds. The Labute approximate surface area is 358 Å². The quantitative estimate of drug-likeness (QED) is 0.0424. The smallest absolute Gasteiger partial charge is 0.220 e. The monoisotopic (exact) mass is 804 g/mol. The van der Waals surface area contributed by atoms with Crippen molar-refractivity contribution in [1.82, 2.24) is 5.32 Å². The lowest BCUT2D eigenvalue weighted by Gasteiger charge is -2.22. The Hall–Kier alpha value is -0.870. The molecule has 3 N–H and O–H groups in total. The number of hydrogen-bond donors (Lipinski definition) is 3. The van der Waals surface area contributed by atoms with Crippen LogP contribution in [-0.2, 0) is 4.79 Å². The predicted molar refractivity (Wildman–Crippen MR) is 253 cm³/mol. The van der Waals surface area contributed by atoms with Crippen LogP contribution >= 0.6 is 0 Å². The SMILES string of the molecule is CCCCCCCCCCCC/C=C\CCCCCCCCCC(=O)NC(CO)C(O)CCCCCCCCCCCCCCCCCCCCCCCCCC. The zero-order valence-electron chi connectivity index (χ0n) is 39.1. The molecule has 0 aromatic heterocycles. The molecule has 0 saturated heterocycles. The summed E-state index contributed by atoms with van der Waals surface area (Å²) in [7, 11) is 0. The summed E-state index contributed by atoms with van der Waals surface area (Å²) in [5.41, 5.74) is 0. The first-order valence-electron chi connectivity index (χ1n) is 26.4. The van der Waals surface area contributed by atoms with Crippen LogP contribution in [0.1, 0.15) is 303 Å². The van der Waals surface area contributed by atoms with Crippen LogP contribution in [0.25, 0.3) is 0 Å². The van der Waals surface area contributed by atoms with Crippen molar-refractivity contribution in [3.05, 3.63) is 12.2 Å². The van der Waals surface area contributed by atoms with Crippen molar-refractivity contribution in [2.24, 2.45) is 0 Å². The summed E-state index contributed by atoms with van der Waals surface area (Å²) in [6.07, 6.45) is 63.2. The molecule has 0 heterocycles. The largest absolute Gasteiger partial charge is 0.394 e. The lowest BCUT2D eigenvalue weighted by Crippen LogP contribution is -2.45. The van der Waals surface area contributed by atoms with E-state index in [2.05, 4.69) is 31.3 Å². The molecule has 4 heteroatoms. The molecule has 340 valence electrons. The van der Waals surface area contributed by atoms with Crippen LogP contribution in [-0.4, -0.2) is 34.9 Å². The summed E-state index contributed by atoms with van der Waals surface area (Å²) >= 11 is 0. The molecule has 0 saturated carbocycles. The molecule has 0 fully saturated rings. The lowest BCUT2D eigenvalue weighted by molar-refractivity contribution is -0.123. The number of amides is 1. The molecular formula is C53H105NO3. The topological polar surface area (TPSA) is 69.6 Å². The Kier molecular flexibility index (Phi) is 48.7. The molecule has 0 spiro atoms. The number of allylic oxidation sites excluding steroid dienone is 2. The van der Waals surface area contributed by atoms with Gasteiger partial charge in [-0.2, -0.15) is 0 Å². The molecule has 0 aromatic rings. The van der Waals surface area contributed by atoms with E-state index in [-0.39, 0.29) is 12.5 Å². The number of hydrogen-bond acceptors (Lipinski definition) is 3. The fourth-order valence-electron chi connectivity index (χ4n) is 8.48. The van der Waals surface area contributed by atoms with Gasteiger partial charge in [0.1, 0.15) is 0 Å². The average Bonchev–Trinajstić information content (AvgIpc) is 3.22. The zero-order chi connectivity index (χ0) is 41.4. The molecule has 2 unspecified atom stereocenters. The predicted octanol–water partition coefficient (Wildman–Crippen LogP) is 17.0. The van der Waals surface area contributed by atoms with Crippen LogP contribution in [0.15, 0.2) is 12.2 Å². The molecule has 0 rings (SSSR count). The van der Waals surface area contributed by atoms with E-state index in [0.717, 1.165) is 25.7 Å². The number of aliphatic hydroxyl groups is 2. The number of carbonyl (C=O) groups excluding carboxylic acids is 1. The Morgan fingerprint density at radius 1 is 0.404 bits per heavy atom. The van der Waals surface area contributed by atoms with E-state index in [1.165, 1.54) is 250 Å². The number of nitrogens with one attached hydrogen (secondary N) is 1. The van der Waals surface area contributed by atoms with Crippen molar-refractivity contribution in [1.29, 1.82) is 0 Å². The van der Waals surface area contributed by atoms with Crippen molar-refractivity contribution >= 4 is 5.91 Å². The maximum absolute atomic E-state index is 12.5. The molecule has 0 aliphatic heterocycles. The van der Waals surface area contributed by atoms with Gasteiger partial charge < -0.3 is 15.5 Å². The van der Waals surface area contributed by atoms with E-state index in [0.29, 0.717) is 12.8 Å². The standard InChI is InChI=1S/C53H105NO3/c1-3-5-7-9-11-13-15-17-19-21-23-25-26-27-29-30-32-34-36-38-40-42-44-46-48-52(56)51(50-55)54-53(57)49-47-45-43-41-39-37-35-33-31-28-24-22-20-18-16-14-12-10-8-6-4-2/h28,31,51-52,55-56H,3-27,29-30,32-50H2,1-2H3,(H,54,57)/b31-28-. The van der Waals surface area contributed by atoms with Crippen LogP contribution in [0.2, 0.25) is 0 Å². The molecule has 0 radical (unpaired) electrons. The van der Waals surface area contributed by atoms with Gasteiger partial charge in [-0.25, -0.2) is 0 Å². The van der Waals surface area contributed by atoms with Crippen molar-refractivity contribution in [2.45, 2.75) is 315 Å². The van der Waals surface area contributed by atoms with Crippen LogP contribution < -0.4 is 5.32 Å². The minimum absolute atomic E-state index is 0.0303. The molecule has 4 nitrogen and oxygen atoms in total. The maximum Gasteiger partial charge on any atom is 0.220 e. The van der Waals surface area contributed by atoms with E-state index in [1.807, 2.05) is 0 Å². The second-order valence-electron chi connectivity index (χ2n) is 18.3. The molecule has 0 aliphatic carbocycles. The second kappa shape index (κ2) is 49.5. The van der Waals surface area contributed by atoms with Gasteiger partial charge in [0.15, 0.2) is 0 Å². The van der Waals surface area contributed by atoms with E-state index in [9.17, 15) is 15.0 Å². The summed E-state index contributed by atoms with van der Waals surface area (Å²) in [6.45, 7) is 4.39. The minimum Gasteiger partial charge on any atom is -0.394 e. The molecule has 0 aromatic carbocycles. The van der Waals surface area contributed by atoms with Crippen LogP contribution in [0, 0.1) is 0 Å². The molecule has 0 bridgehead atoms. The van der Waals surface area contributed by atoms with Gasteiger partial charge in [-0.15, -0.1) is 0 Å². The van der Waals surface area contributed by atoms with Gasteiger partial charge in [-0.05, 0) is 38.5 Å². The summed E-state index contributed by atoms with van der Waals surface area (Å²) in [6, 6.07) is -0.536. The highest BCUT2D eigenvalue weighted by molar-refractivity contribution is 5.76. The number of aliphatic hydroxyl groups excluding tert-OH is 2. The third-order valence-electron chi connectivity index (χ3n) is 12.5. The number of carbonyl (C=O) groups is 1. The number of unbranched alkanes of at least 4 members (excludes halogenated alkanes) is 40. The van der Waals surface area contributed by atoms with Crippen molar-refractivity contribution < 1.29 is 15.0 Å². The lowest BCUT2D eigenvalue weighted by atomic mass is 10.0. The van der Waals surface area contributed by atoms with Crippen molar-refractivity contribution in [3.8, 4) is 0 Å². The first kappa shape index (κ1) is 56.1. The highest BCUT2D eigenvalue weighted by atomic mass is 16.3. The Morgan fingerprint density at radius 3 is 0.965 bits per heavy atom. The molecule has 2 atom stereocenters. The zero-order valence-corrected chi connectivity index (χ0v) is 39.1. The Balaban J connectivity index is 3.45. The van der Waals surface area contributed by atoms with Crippen molar-refractivity contribution in [3.63, 3.8) is 0 Å². The second-order valence-corrected chi connectivity index (χ2v) is 18.3. The fourth-order valence-corrected chi connectivity index (χ4v) is 8.48. The summed E-state index contributed by atoms with van der Waals surface area (Å²) in [4.78, 5) is 12.5. The van der Waals surface area contributed by atoms with E-state index < -0.39 is 12.1 Å². The van der Waals surface area contributed by atoms with E-state index >= 15 is 0 Å². The van der Waals surface area contributed by atoms with Gasteiger partial charge in [0.05, 0.1) is 18.8 Å². The summed E-state index contributed by atoms with van der Waals surface area (Å²) in [5, 5.41) is 23.3. The Morgan fingerprint density at radius 2 is 0.667 bits per heavy atom. The summed E-state index contributed by atoms with van der Waals surface area (Å²) < 4.78 is 0. The normalized spacial score (nSPS) is 12.8. The third-order valence-corrected chi connectivity index (χ3v) is 12.5. The third kappa shape index (κ3) is 46.1. The minimum atomic E-state index is -0.659. The van der Waals surface area contributed by atoms with Crippen LogP contribution in [0.4, 0.5) is 0 Å². The maximum atomic E-state index is 12.5. The molecular weight excluding hydrogens is 699 g/mol. The molecule has 0 aliphatic rings. The van der Waals surface area contributed by atoms with Gasteiger partial charge in [-0.3, -0.25) is 4.79 Å². The molecule has 57 heavy (non-hydrogen) atoms. The van der Waals surface area contributed by atoms with Gasteiger partial charge in [0, 0.05) is 6.42 Å². The first-order valence-corrected chi connectivity index (χ1v) is 26.4. The number of rotatable bonds is 49. The average molecular weight is 804 g/mol.